The van der Waals surface area contributed by atoms with Crippen molar-refractivity contribution in [3.63, 3.8) is 0 Å². The number of hydrogen-bond acceptors (Lipinski definition) is 4. The van der Waals surface area contributed by atoms with Crippen molar-refractivity contribution in [3.8, 4) is 0 Å². The monoisotopic (exact) mass is 346 g/mol. The minimum Gasteiger partial charge on any atom is -0.480 e. The Kier molecular flexibility index (Phi) is 6.02. The molecule has 0 unspecified atom stereocenters. The molecule has 0 spiro atoms. The highest BCUT2D eigenvalue weighted by atomic mass is 32.2. The highest BCUT2D eigenvalue weighted by molar-refractivity contribution is 7.89. The zero-order valence-corrected chi connectivity index (χ0v) is 14.4. The second-order valence-electron chi connectivity index (χ2n) is 6.37. The van der Waals surface area contributed by atoms with Crippen LogP contribution < -0.4 is 0 Å². The van der Waals surface area contributed by atoms with E-state index in [0.717, 1.165) is 25.7 Å². The van der Waals surface area contributed by atoms with Crippen molar-refractivity contribution in [1.82, 2.24) is 9.21 Å². The van der Waals surface area contributed by atoms with E-state index < -0.39 is 16.0 Å². The van der Waals surface area contributed by atoms with Gasteiger partial charge < -0.3 is 10.0 Å². The standard InChI is InChI=1S/C15H26N2O5S/c1-2-23(21,22)16-9-7-13(8-10-16)17(11-14(18)19)15(20)12-5-3-4-6-12/h12-13H,2-11H2,1H3,(H,18,19). The van der Waals surface area contributed by atoms with E-state index in [0.29, 0.717) is 25.9 Å². The van der Waals surface area contributed by atoms with E-state index in [4.69, 9.17) is 5.11 Å². The number of hydrogen-bond donors (Lipinski definition) is 1. The van der Waals surface area contributed by atoms with Crippen molar-refractivity contribution >= 4 is 21.9 Å². The molecule has 2 rings (SSSR count). The number of aliphatic carboxylic acids is 1. The molecule has 1 amide bonds. The third-order valence-corrected chi connectivity index (χ3v) is 6.80. The predicted molar refractivity (Wildman–Crippen MR) is 85.4 cm³/mol. The molecule has 1 saturated carbocycles. The summed E-state index contributed by atoms with van der Waals surface area (Å²) in [6.07, 6.45) is 4.71. The van der Waals surface area contributed by atoms with E-state index in [1.807, 2.05) is 0 Å². The van der Waals surface area contributed by atoms with Crippen molar-refractivity contribution in [2.45, 2.75) is 51.5 Å². The maximum absolute atomic E-state index is 12.6. The zero-order valence-electron chi connectivity index (χ0n) is 13.6. The van der Waals surface area contributed by atoms with Crippen LogP contribution in [0.15, 0.2) is 0 Å². The molecule has 0 atom stereocenters. The van der Waals surface area contributed by atoms with Crippen LogP contribution >= 0.6 is 0 Å². The Balaban J connectivity index is 2.03. The molecule has 1 aliphatic heterocycles. The fourth-order valence-corrected chi connectivity index (χ4v) is 4.69. The third kappa shape index (κ3) is 4.44. The Morgan fingerprint density at radius 3 is 2.17 bits per heavy atom. The summed E-state index contributed by atoms with van der Waals surface area (Å²) in [5.74, 6) is -1.08. The summed E-state index contributed by atoms with van der Waals surface area (Å²) in [6.45, 7) is 2.03. The molecule has 8 heteroatoms. The molecule has 1 N–H and O–H groups in total. The molecule has 23 heavy (non-hydrogen) atoms. The molecule has 0 aromatic carbocycles. The van der Waals surface area contributed by atoms with Crippen molar-refractivity contribution in [2.24, 2.45) is 5.92 Å². The van der Waals surface area contributed by atoms with E-state index >= 15 is 0 Å². The Labute approximate surface area is 137 Å². The number of piperidine rings is 1. The van der Waals surface area contributed by atoms with Crippen LogP contribution in [0.5, 0.6) is 0 Å². The van der Waals surface area contributed by atoms with Gasteiger partial charge >= 0.3 is 5.97 Å². The molecule has 2 fully saturated rings. The molecular formula is C15H26N2O5S. The highest BCUT2D eigenvalue weighted by Crippen LogP contribution is 2.29. The molecule has 0 aromatic rings. The zero-order chi connectivity index (χ0) is 17.0. The molecule has 1 aliphatic carbocycles. The number of nitrogens with zero attached hydrogens (tertiary/aromatic N) is 2. The van der Waals surface area contributed by atoms with Gasteiger partial charge in [-0.3, -0.25) is 9.59 Å². The molecule has 7 nitrogen and oxygen atoms in total. The topological polar surface area (TPSA) is 95.0 Å². The van der Waals surface area contributed by atoms with Crippen LogP contribution in [0.25, 0.3) is 0 Å². The second kappa shape index (κ2) is 7.61. The van der Waals surface area contributed by atoms with Gasteiger partial charge in [0.1, 0.15) is 6.54 Å². The second-order valence-corrected chi connectivity index (χ2v) is 8.63. The number of rotatable bonds is 6. The van der Waals surface area contributed by atoms with Crippen molar-refractivity contribution in [1.29, 1.82) is 0 Å². The number of carboxylic acid groups (broad SMARTS) is 1. The van der Waals surface area contributed by atoms with Crippen LogP contribution in [0.2, 0.25) is 0 Å². The first-order valence-corrected chi connectivity index (χ1v) is 9.96. The fraction of sp³-hybridized carbons (Fsp3) is 0.867. The molecule has 2 aliphatic rings. The largest absolute Gasteiger partial charge is 0.480 e. The number of sulfonamides is 1. The number of carbonyl (C=O) groups excluding carboxylic acids is 1. The van der Waals surface area contributed by atoms with E-state index in [1.165, 1.54) is 9.21 Å². The predicted octanol–water partition coefficient (Wildman–Crippen LogP) is 0.904. The maximum Gasteiger partial charge on any atom is 0.323 e. The smallest absolute Gasteiger partial charge is 0.323 e. The van der Waals surface area contributed by atoms with E-state index in [-0.39, 0.29) is 30.2 Å². The van der Waals surface area contributed by atoms with Gasteiger partial charge in [-0.2, -0.15) is 0 Å². The van der Waals surface area contributed by atoms with E-state index in [2.05, 4.69) is 0 Å². The lowest BCUT2D eigenvalue weighted by molar-refractivity contribution is -0.149. The quantitative estimate of drug-likeness (QED) is 0.771. The van der Waals surface area contributed by atoms with Gasteiger partial charge in [-0.25, -0.2) is 12.7 Å². The van der Waals surface area contributed by atoms with Gasteiger partial charge in [0.05, 0.1) is 5.75 Å². The van der Waals surface area contributed by atoms with Gasteiger partial charge in [0, 0.05) is 25.0 Å². The van der Waals surface area contributed by atoms with Gasteiger partial charge in [-0.15, -0.1) is 0 Å². The molecule has 1 saturated heterocycles. The average Bonchev–Trinajstić information content (AvgIpc) is 3.06. The van der Waals surface area contributed by atoms with Crippen LogP contribution in [0.4, 0.5) is 0 Å². The number of carboxylic acids is 1. The summed E-state index contributed by atoms with van der Waals surface area (Å²) in [4.78, 5) is 25.3. The van der Waals surface area contributed by atoms with Crippen LogP contribution in [0, 0.1) is 5.92 Å². The highest BCUT2D eigenvalue weighted by Gasteiger charge is 2.36. The molecule has 1 heterocycles. The Hall–Kier alpha value is -1.15. The van der Waals surface area contributed by atoms with E-state index in [9.17, 15) is 18.0 Å². The lowest BCUT2D eigenvalue weighted by Gasteiger charge is -2.38. The minimum absolute atomic E-state index is 0.0632. The van der Waals surface area contributed by atoms with Gasteiger partial charge in [0.15, 0.2) is 0 Å². The summed E-state index contributed by atoms with van der Waals surface area (Å²) in [5.41, 5.74) is 0. The first kappa shape index (κ1) is 18.2. The van der Waals surface area contributed by atoms with Gasteiger partial charge in [0.2, 0.25) is 15.9 Å². The normalized spacial score (nSPS) is 21.4. The average molecular weight is 346 g/mol. The van der Waals surface area contributed by atoms with Crippen LogP contribution in [0.1, 0.15) is 45.4 Å². The summed E-state index contributed by atoms with van der Waals surface area (Å²) in [7, 11) is -3.22. The van der Waals surface area contributed by atoms with E-state index in [1.54, 1.807) is 6.92 Å². The molecule has 0 bridgehead atoms. The van der Waals surface area contributed by atoms with Crippen molar-refractivity contribution in [2.75, 3.05) is 25.4 Å². The van der Waals surface area contributed by atoms with Crippen molar-refractivity contribution in [3.05, 3.63) is 0 Å². The Morgan fingerprint density at radius 2 is 1.70 bits per heavy atom. The molecule has 0 aromatic heterocycles. The Morgan fingerprint density at radius 1 is 1.13 bits per heavy atom. The summed E-state index contributed by atoms with van der Waals surface area (Å²) in [6, 6.07) is -0.178. The van der Waals surface area contributed by atoms with Crippen LogP contribution in [-0.2, 0) is 19.6 Å². The molecule has 0 radical (unpaired) electrons. The lowest BCUT2D eigenvalue weighted by atomic mass is 10.0. The Bertz CT molecular complexity index is 534. The fourth-order valence-electron chi connectivity index (χ4n) is 3.55. The van der Waals surface area contributed by atoms with Gasteiger partial charge in [-0.05, 0) is 32.6 Å². The minimum atomic E-state index is -3.22. The maximum atomic E-state index is 12.6. The third-order valence-electron chi connectivity index (χ3n) is 4.92. The lowest BCUT2D eigenvalue weighted by Crippen LogP contribution is -2.51. The molecule has 132 valence electrons. The summed E-state index contributed by atoms with van der Waals surface area (Å²) in [5, 5.41) is 9.13. The summed E-state index contributed by atoms with van der Waals surface area (Å²) >= 11 is 0. The van der Waals surface area contributed by atoms with Gasteiger partial charge in [-0.1, -0.05) is 12.8 Å². The first-order chi connectivity index (χ1) is 10.8. The first-order valence-electron chi connectivity index (χ1n) is 8.35. The van der Waals surface area contributed by atoms with Crippen LogP contribution in [0.3, 0.4) is 0 Å². The number of carbonyl (C=O) groups is 2. The number of amides is 1. The van der Waals surface area contributed by atoms with Gasteiger partial charge in [0.25, 0.3) is 0 Å². The van der Waals surface area contributed by atoms with Crippen molar-refractivity contribution < 1.29 is 23.1 Å². The summed E-state index contributed by atoms with van der Waals surface area (Å²) < 4.78 is 25.3. The SMILES string of the molecule is CCS(=O)(=O)N1CCC(N(CC(=O)O)C(=O)C2CCCC2)CC1. The van der Waals surface area contributed by atoms with Crippen LogP contribution in [-0.4, -0.2) is 66.0 Å². The molecular weight excluding hydrogens is 320 g/mol.